The Morgan fingerprint density at radius 1 is 0.947 bits per heavy atom. The van der Waals surface area contributed by atoms with Crippen LogP contribution < -0.4 is 9.47 Å². The summed E-state index contributed by atoms with van der Waals surface area (Å²) in [6, 6.07) is 15.8. The van der Waals surface area contributed by atoms with Gasteiger partial charge in [-0.3, -0.25) is 0 Å². The number of rotatable bonds is 5. The van der Waals surface area contributed by atoms with Gasteiger partial charge in [-0.1, -0.05) is 24.3 Å². The number of benzene rings is 2. The van der Waals surface area contributed by atoms with Gasteiger partial charge in [-0.25, -0.2) is 0 Å². The molecule has 2 rings (SSSR count). The molecule has 0 fully saturated rings. The van der Waals surface area contributed by atoms with Crippen LogP contribution in [0.1, 0.15) is 16.5 Å². The van der Waals surface area contributed by atoms with Crippen LogP contribution in [0.4, 0.5) is 0 Å². The molecule has 0 aromatic heterocycles. The molecule has 1 unspecified atom stereocenters. The van der Waals surface area contributed by atoms with E-state index in [4.69, 9.17) is 21.1 Å². The second kappa shape index (κ2) is 6.48. The number of hydrogen-bond acceptors (Lipinski definition) is 2. The molecule has 19 heavy (non-hydrogen) atoms. The van der Waals surface area contributed by atoms with Gasteiger partial charge in [0.25, 0.3) is 0 Å². The number of alkyl halides is 1. The van der Waals surface area contributed by atoms with Crippen LogP contribution in [0, 0.1) is 0 Å². The fourth-order valence-corrected chi connectivity index (χ4v) is 2.24. The van der Waals surface area contributed by atoms with Crippen molar-refractivity contribution in [3.05, 3.63) is 59.7 Å². The molecule has 100 valence electrons. The van der Waals surface area contributed by atoms with Crippen molar-refractivity contribution in [3.63, 3.8) is 0 Å². The summed E-state index contributed by atoms with van der Waals surface area (Å²) in [7, 11) is 3.32. The minimum Gasteiger partial charge on any atom is -0.497 e. The van der Waals surface area contributed by atoms with Gasteiger partial charge in [0.1, 0.15) is 11.5 Å². The van der Waals surface area contributed by atoms with Crippen LogP contribution in [0.15, 0.2) is 48.5 Å². The zero-order valence-corrected chi connectivity index (χ0v) is 11.9. The lowest BCUT2D eigenvalue weighted by Gasteiger charge is -2.11. The Kier molecular flexibility index (Phi) is 4.69. The number of hydrogen-bond donors (Lipinski definition) is 0. The van der Waals surface area contributed by atoms with E-state index in [-0.39, 0.29) is 5.38 Å². The maximum atomic E-state index is 6.46. The normalized spacial score (nSPS) is 11.9. The van der Waals surface area contributed by atoms with Crippen molar-refractivity contribution in [2.75, 3.05) is 14.2 Å². The summed E-state index contributed by atoms with van der Waals surface area (Å²) in [6.07, 6.45) is 0.777. The Labute approximate surface area is 118 Å². The summed E-state index contributed by atoms with van der Waals surface area (Å²) >= 11 is 6.46. The number of ether oxygens (including phenoxy) is 2. The van der Waals surface area contributed by atoms with Crippen molar-refractivity contribution in [2.24, 2.45) is 0 Å². The van der Waals surface area contributed by atoms with E-state index in [1.807, 2.05) is 48.5 Å². The summed E-state index contributed by atoms with van der Waals surface area (Å²) < 4.78 is 10.3. The highest BCUT2D eigenvalue weighted by Gasteiger charge is 2.10. The monoisotopic (exact) mass is 276 g/mol. The first-order valence-electron chi connectivity index (χ1n) is 6.14. The Morgan fingerprint density at radius 3 is 2.26 bits per heavy atom. The summed E-state index contributed by atoms with van der Waals surface area (Å²) in [5, 5.41) is -0.0662. The lowest BCUT2D eigenvalue weighted by Crippen LogP contribution is -1.96. The first-order chi connectivity index (χ1) is 9.22. The van der Waals surface area contributed by atoms with Crippen LogP contribution in [0.5, 0.6) is 11.5 Å². The van der Waals surface area contributed by atoms with Crippen molar-refractivity contribution in [2.45, 2.75) is 11.8 Å². The van der Waals surface area contributed by atoms with E-state index in [0.717, 1.165) is 23.5 Å². The van der Waals surface area contributed by atoms with Crippen molar-refractivity contribution in [1.29, 1.82) is 0 Å². The first-order valence-corrected chi connectivity index (χ1v) is 6.57. The molecule has 2 nitrogen and oxygen atoms in total. The minimum atomic E-state index is -0.0662. The van der Waals surface area contributed by atoms with Crippen LogP contribution >= 0.6 is 11.6 Å². The van der Waals surface area contributed by atoms with Crippen LogP contribution in [-0.4, -0.2) is 14.2 Å². The van der Waals surface area contributed by atoms with Crippen LogP contribution in [-0.2, 0) is 6.42 Å². The molecule has 0 heterocycles. The predicted octanol–water partition coefficient (Wildman–Crippen LogP) is 4.23. The second-order valence-corrected chi connectivity index (χ2v) is 4.82. The van der Waals surface area contributed by atoms with Gasteiger partial charge in [-0.15, -0.1) is 11.6 Å². The largest absolute Gasteiger partial charge is 0.497 e. The molecule has 0 aliphatic heterocycles. The van der Waals surface area contributed by atoms with Gasteiger partial charge in [0.15, 0.2) is 0 Å². The summed E-state index contributed by atoms with van der Waals surface area (Å²) in [4.78, 5) is 0. The summed E-state index contributed by atoms with van der Waals surface area (Å²) in [5.74, 6) is 1.69. The molecule has 0 aliphatic carbocycles. The fraction of sp³-hybridized carbons (Fsp3) is 0.250. The zero-order chi connectivity index (χ0) is 13.7. The van der Waals surface area contributed by atoms with E-state index in [1.54, 1.807) is 14.2 Å². The highest BCUT2D eigenvalue weighted by atomic mass is 35.5. The fourth-order valence-electron chi connectivity index (χ4n) is 1.92. The predicted molar refractivity (Wildman–Crippen MR) is 78.3 cm³/mol. The van der Waals surface area contributed by atoms with Crippen LogP contribution in [0.25, 0.3) is 0 Å². The summed E-state index contributed by atoms with van der Waals surface area (Å²) in [5.41, 5.74) is 2.25. The Balaban J connectivity index is 2.08. The maximum absolute atomic E-state index is 6.46. The smallest absolute Gasteiger partial charge is 0.119 e. The van der Waals surface area contributed by atoms with Gasteiger partial charge in [0.2, 0.25) is 0 Å². The highest BCUT2D eigenvalue weighted by molar-refractivity contribution is 6.20. The molecule has 0 N–H and O–H groups in total. The molecule has 3 heteroatoms. The van der Waals surface area contributed by atoms with E-state index >= 15 is 0 Å². The third kappa shape index (κ3) is 3.65. The molecule has 0 spiro atoms. The molecule has 0 saturated carbocycles. The Morgan fingerprint density at radius 2 is 1.63 bits per heavy atom. The lowest BCUT2D eigenvalue weighted by atomic mass is 10.0. The van der Waals surface area contributed by atoms with Gasteiger partial charge in [-0.05, 0) is 41.8 Å². The Hall–Kier alpha value is -1.67. The van der Waals surface area contributed by atoms with Crippen molar-refractivity contribution < 1.29 is 9.47 Å². The summed E-state index contributed by atoms with van der Waals surface area (Å²) in [6.45, 7) is 0. The molecular weight excluding hydrogens is 260 g/mol. The minimum absolute atomic E-state index is 0.0662. The van der Waals surface area contributed by atoms with Crippen molar-refractivity contribution in [3.8, 4) is 11.5 Å². The van der Waals surface area contributed by atoms with Crippen LogP contribution in [0.3, 0.4) is 0 Å². The average molecular weight is 277 g/mol. The third-order valence-electron chi connectivity index (χ3n) is 3.03. The van der Waals surface area contributed by atoms with Gasteiger partial charge in [0.05, 0.1) is 19.6 Å². The van der Waals surface area contributed by atoms with E-state index in [2.05, 4.69) is 0 Å². The van der Waals surface area contributed by atoms with Crippen molar-refractivity contribution >= 4 is 11.6 Å². The standard InChI is InChI=1S/C16H17ClO2/c1-18-14-8-6-12(7-9-14)10-16(17)13-4-3-5-15(11-13)19-2/h3-9,11,16H,10H2,1-2H3. The molecular formula is C16H17ClO2. The third-order valence-corrected chi connectivity index (χ3v) is 3.44. The van der Waals surface area contributed by atoms with Gasteiger partial charge < -0.3 is 9.47 Å². The SMILES string of the molecule is COc1ccc(CC(Cl)c2cccc(OC)c2)cc1. The molecule has 0 bridgehead atoms. The van der Waals surface area contributed by atoms with Crippen molar-refractivity contribution in [1.82, 2.24) is 0 Å². The number of methoxy groups -OCH3 is 2. The highest BCUT2D eigenvalue weighted by Crippen LogP contribution is 2.28. The topological polar surface area (TPSA) is 18.5 Å². The quantitative estimate of drug-likeness (QED) is 0.761. The molecule has 2 aromatic carbocycles. The number of halogens is 1. The van der Waals surface area contributed by atoms with E-state index in [1.165, 1.54) is 5.56 Å². The lowest BCUT2D eigenvalue weighted by molar-refractivity contribution is 0.414. The first kappa shape index (κ1) is 13.8. The van der Waals surface area contributed by atoms with E-state index < -0.39 is 0 Å². The maximum Gasteiger partial charge on any atom is 0.119 e. The molecule has 0 radical (unpaired) electrons. The second-order valence-electron chi connectivity index (χ2n) is 4.30. The van der Waals surface area contributed by atoms with Gasteiger partial charge in [0, 0.05) is 0 Å². The molecule has 0 amide bonds. The molecule has 0 saturated heterocycles. The Bertz CT molecular complexity index is 523. The van der Waals surface area contributed by atoms with E-state index in [0.29, 0.717) is 0 Å². The van der Waals surface area contributed by atoms with Gasteiger partial charge >= 0.3 is 0 Å². The molecule has 2 aromatic rings. The molecule has 1 atom stereocenters. The van der Waals surface area contributed by atoms with E-state index in [9.17, 15) is 0 Å². The molecule has 0 aliphatic rings. The van der Waals surface area contributed by atoms with Gasteiger partial charge in [-0.2, -0.15) is 0 Å². The average Bonchev–Trinajstić information content (AvgIpc) is 2.48. The van der Waals surface area contributed by atoms with Crippen LogP contribution in [0.2, 0.25) is 0 Å². The zero-order valence-electron chi connectivity index (χ0n) is 11.1.